The zero-order valence-corrected chi connectivity index (χ0v) is 20.6. The molecule has 0 unspecified atom stereocenters. The fourth-order valence-electron chi connectivity index (χ4n) is 4.92. The fraction of sp³-hybridized carbons (Fsp3) is 0.583. The van der Waals surface area contributed by atoms with Gasteiger partial charge in [0, 0.05) is 80.9 Å². The topological polar surface area (TPSA) is 59.6 Å². The Morgan fingerprint density at radius 3 is 2.45 bits per heavy atom. The summed E-state index contributed by atoms with van der Waals surface area (Å²) in [5.74, 6) is 1.75. The van der Waals surface area contributed by atoms with E-state index in [1.165, 1.54) is 44.6 Å². The molecule has 0 amide bonds. The monoisotopic (exact) mass is 489 g/mol. The highest BCUT2D eigenvalue weighted by Crippen LogP contribution is 2.26. The summed E-state index contributed by atoms with van der Waals surface area (Å²) in [5, 5.41) is 8.30. The van der Waals surface area contributed by atoms with Gasteiger partial charge >= 0.3 is 0 Å². The maximum absolute atomic E-state index is 6.39. The normalized spacial score (nSPS) is 19.6. The van der Waals surface area contributed by atoms with Gasteiger partial charge in [-0.3, -0.25) is 4.90 Å². The van der Waals surface area contributed by atoms with E-state index in [1.807, 2.05) is 12.1 Å². The van der Waals surface area contributed by atoms with Gasteiger partial charge in [0.2, 0.25) is 5.95 Å². The van der Waals surface area contributed by atoms with Crippen molar-refractivity contribution in [2.75, 3.05) is 69.1 Å². The molecule has 7 nitrogen and oxygen atoms in total. The molecule has 1 aromatic carbocycles. The highest BCUT2D eigenvalue weighted by molar-refractivity contribution is 6.35. The van der Waals surface area contributed by atoms with E-state index < -0.39 is 0 Å². The Balaban J connectivity index is 1.25. The van der Waals surface area contributed by atoms with E-state index in [9.17, 15) is 0 Å². The lowest BCUT2D eigenvalue weighted by atomic mass is 10.1. The predicted octanol–water partition coefficient (Wildman–Crippen LogP) is 3.26. The molecule has 1 aromatic heterocycles. The van der Waals surface area contributed by atoms with Crippen molar-refractivity contribution in [3.05, 3.63) is 45.1 Å². The van der Waals surface area contributed by atoms with Crippen LogP contribution in [0.15, 0.2) is 18.2 Å². The number of likely N-dealkylation sites (tertiary alicyclic amines) is 1. The number of fused-ring (bicyclic) bond motifs is 1. The van der Waals surface area contributed by atoms with Crippen molar-refractivity contribution < 1.29 is 0 Å². The third kappa shape index (κ3) is 5.72. The third-order valence-corrected chi connectivity index (χ3v) is 7.56. The molecule has 2 saturated heterocycles. The fourth-order valence-corrected chi connectivity index (χ4v) is 5.40. The third-order valence-electron chi connectivity index (χ3n) is 6.97. The largest absolute Gasteiger partial charge is 0.365 e. The van der Waals surface area contributed by atoms with Gasteiger partial charge in [-0.25, -0.2) is 4.98 Å². The van der Waals surface area contributed by atoms with Crippen molar-refractivity contribution in [1.29, 1.82) is 0 Å². The average molecular weight is 490 g/mol. The first-order chi connectivity index (χ1) is 16.2. The van der Waals surface area contributed by atoms with Crippen LogP contribution in [0.2, 0.25) is 10.0 Å². The van der Waals surface area contributed by atoms with Gasteiger partial charge in [0.15, 0.2) is 0 Å². The van der Waals surface area contributed by atoms with Crippen LogP contribution < -0.4 is 15.5 Å². The Labute approximate surface area is 206 Å². The molecule has 9 heteroatoms. The highest BCUT2D eigenvalue weighted by atomic mass is 35.5. The van der Waals surface area contributed by atoms with Gasteiger partial charge < -0.3 is 20.4 Å². The number of benzene rings is 1. The summed E-state index contributed by atoms with van der Waals surface area (Å²) in [5.41, 5.74) is 3.32. The second kappa shape index (κ2) is 10.7. The number of aromatic nitrogens is 2. The number of rotatable bonds is 7. The second-order valence-electron chi connectivity index (χ2n) is 9.19. The highest BCUT2D eigenvalue weighted by Gasteiger charge is 2.24. The van der Waals surface area contributed by atoms with Gasteiger partial charge in [0.05, 0.1) is 5.69 Å². The van der Waals surface area contributed by atoms with Crippen LogP contribution in [0, 0.1) is 0 Å². The van der Waals surface area contributed by atoms with Gasteiger partial charge in [0.25, 0.3) is 0 Å². The number of nitrogens with one attached hydrogen (secondary N) is 2. The van der Waals surface area contributed by atoms with Crippen LogP contribution in [0.1, 0.15) is 29.7 Å². The number of anilines is 2. The Morgan fingerprint density at radius 2 is 1.70 bits per heavy atom. The Hall–Kier alpha value is -1.64. The van der Waals surface area contributed by atoms with E-state index >= 15 is 0 Å². The lowest BCUT2D eigenvalue weighted by Gasteiger charge is -2.36. The number of hydrogen-bond donors (Lipinski definition) is 2. The first-order valence-electron chi connectivity index (χ1n) is 12.1. The number of halogens is 2. The summed E-state index contributed by atoms with van der Waals surface area (Å²) in [6.45, 7) is 11.3. The lowest BCUT2D eigenvalue weighted by molar-refractivity contribution is 0.215. The van der Waals surface area contributed by atoms with Crippen molar-refractivity contribution >= 4 is 35.0 Å². The minimum Gasteiger partial charge on any atom is -0.365 e. The average Bonchev–Trinajstić information content (AvgIpc) is 3.36. The molecule has 0 aliphatic carbocycles. The molecule has 3 aliphatic heterocycles. The van der Waals surface area contributed by atoms with Crippen molar-refractivity contribution in [1.82, 2.24) is 25.1 Å². The number of piperazine rings is 1. The molecule has 0 spiro atoms. The van der Waals surface area contributed by atoms with Gasteiger partial charge in [-0.15, -0.1) is 0 Å². The second-order valence-corrected chi connectivity index (χ2v) is 10.0. The van der Waals surface area contributed by atoms with Crippen LogP contribution in [0.5, 0.6) is 0 Å². The SMILES string of the molecule is Clc1ccc(CNc2nc(N3CCN(CCN4CCCC4)CC3)nc3c2CNCC3)c(Cl)c1. The zero-order chi connectivity index (χ0) is 22.6. The van der Waals surface area contributed by atoms with Crippen LogP contribution >= 0.6 is 23.2 Å². The predicted molar refractivity (Wildman–Crippen MR) is 136 cm³/mol. The van der Waals surface area contributed by atoms with E-state index in [0.29, 0.717) is 16.6 Å². The van der Waals surface area contributed by atoms with Crippen LogP contribution in [0.4, 0.5) is 11.8 Å². The molecule has 0 bridgehead atoms. The Morgan fingerprint density at radius 1 is 0.939 bits per heavy atom. The Bertz CT molecular complexity index is 956. The first-order valence-corrected chi connectivity index (χ1v) is 12.9. The van der Waals surface area contributed by atoms with Gasteiger partial charge in [-0.1, -0.05) is 29.3 Å². The Kier molecular flexibility index (Phi) is 7.52. The van der Waals surface area contributed by atoms with Crippen molar-refractivity contribution in [2.24, 2.45) is 0 Å². The standard InChI is InChI=1S/C24H33Cl2N7/c25-19-4-3-18(21(26)15-19)16-28-23-20-17-27-6-5-22(20)29-24(30-23)33-13-11-32(12-14-33)10-9-31-7-1-2-8-31/h3-4,15,27H,1-2,5-14,16-17H2,(H,28,29,30). The van der Waals surface area contributed by atoms with E-state index in [-0.39, 0.29) is 0 Å². The van der Waals surface area contributed by atoms with Gasteiger partial charge in [-0.2, -0.15) is 4.98 Å². The van der Waals surface area contributed by atoms with Crippen LogP contribution in [-0.4, -0.2) is 78.7 Å². The molecule has 33 heavy (non-hydrogen) atoms. The first kappa shape index (κ1) is 23.1. The van der Waals surface area contributed by atoms with E-state index in [0.717, 1.165) is 68.7 Å². The number of nitrogens with zero attached hydrogens (tertiary/aromatic N) is 5. The molecule has 2 fully saturated rings. The maximum atomic E-state index is 6.39. The quantitative estimate of drug-likeness (QED) is 0.618. The number of hydrogen-bond acceptors (Lipinski definition) is 7. The minimum absolute atomic E-state index is 0.600. The molecule has 178 valence electrons. The smallest absolute Gasteiger partial charge is 0.227 e. The van der Waals surface area contributed by atoms with Crippen LogP contribution in [0.3, 0.4) is 0 Å². The van der Waals surface area contributed by atoms with E-state index in [4.69, 9.17) is 33.2 Å². The summed E-state index contributed by atoms with van der Waals surface area (Å²) in [7, 11) is 0. The van der Waals surface area contributed by atoms with Crippen LogP contribution in [-0.2, 0) is 19.5 Å². The molecule has 0 atom stereocenters. The van der Waals surface area contributed by atoms with Crippen molar-refractivity contribution in [2.45, 2.75) is 32.4 Å². The summed E-state index contributed by atoms with van der Waals surface area (Å²) in [6, 6.07) is 5.62. The maximum Gasteiger partial charge on any atom is 0.227 e. The minimum atomic E-state index is 0.600. The molecule has 3 aliphatic rings. The van der Waals surface area contributed by atoms with Gasteiger partial charge in [-0.05, 0) is 43.6 Å². The molecule has 5 rings (SSSR count). The molecule has 0 radical (unpaired) electrons. The van der Waals surface area contributed by atoms with Crippen molar-refractivity contribution in [3.63, 3.8) is 0 Å². The van der Waals surface area contributed by atoms with Crippen LogP contribution in [0.25, 0.3) is 0 Å². The lowest BCUT2D eigenvalue weighted by Crippen LogP contribution is -2.49. The molecule has 2 N–H and O–H groups in total. The molecular weight excluding hydrogens is 457 g/mol. The molecular formula is C24H33Cl2N7. The van der Waals surface area contributed by atoms with E-state index in [2.05, 4.69) is 25.3 Å². The van der Waals surface area contributed by atoms with Crippen molar-refractivity contribution in [3.8, 4) is 0 Å². The van der Waals surface area contributed by atoms with Gasteiger partial charge in [0.1, 0.15) is 5.82 Å². The molecule has 2 aromatic rings. The summed E-state index contributed by atoms with van der Waals surface area (Å²) in [4.78, 5) is 17.5. The molecule has 0 saturated carbocycles. The van der Waals surface area contributed by atoms with E-state index in [1.54, 1.807) is 6.07 Å². The summed E-state index contributed by atoms with van der Waals surface area (Å²) < 4.78 is 0. The zero-order valence-electron chi connectivity index (χ0n) is 19.1. The summed E-state index contributed by atoms with van der Waals surface area (Å²) in [6.07, 6.45) is 3.65. The summed E-state index contributed by atoms with van der Waals surface area (Å²) >= 11 is 12.4. The molecule has 4 heterocycles.